The number of ether oxygens (including phenoxy) is 2. The standard InChI is InChI=1S/C29H34Cl2N6O3/c1-19-17-37(8-5-32-19)29-33-15-25(16-34-29)40-27-10-21(9-26(35-27)22-12-23(30)14-24(31)13-22)18-36-6-3-20(4-7-36)11-28(38)39-2/h9-10,12-16,19-20,32H,3-8,11,17-18H2,1-2H3/t19-/m0/s1. The molecule has 11 heteroatoms. The number of carbonyl (C=O) groups excluding carboxylic acids is 1. The Hall–Kier alpha value is -2.98. The Morgan fingerprint density at radius 3 is 2.45 bits per heavy atom. The Kier molecular flexibility index (Phi) is 9.36. The highest BCUT2D eigenvalue weighted by Crippen LogP contribution is 2.31. The first-order chi connectivity index (χ1) is 19.3. The van der Waals surface area contributed by atoms with Gasteiger partial charge in [-0.05, 0) is 68.6 Å². The highest BCUT2D eigenvalue weighted by molar-refractivity contribution is 6.35. The number of hydrogen-bond acceptors (Lipinski definition) is 9. The molecule has 1 aromatic carbocycles. The van der Waals surface area contributed by atoms with E-state index in [1.807, 2.05) is 24.3 Å². The monoisotopic (exact) mass is 584 g/mol. The molecule has 0 aliphatic carbocycles. The largest absolute Gasteiger partial charge is 0.469 e. The van der Waals surface area contributed by atoms with E-state index in [0.29, 0.717) is 51.7 Å². The van der Waals surface area contributed by atoms with E-state index in [-0.39, 0.29) is 5.97 Å². The zero-order valence-electron chi connectivity index (χ0n) is 22.8. The molecule has 5 rings (SSSR count). The first kappa shape index (κ1) is 28.5. The van der Waals surface area contributed by atoms with Crippen molar-refractivity contribution >= 4 is 35.1 Å². The van der Waals surface area contributed by atoms with Crippen LogP contribution < -0.4 is 15.0 Å². The molecule has 0 bridgehead atoms. The number of benzene rings is 1. The number of rotatable bonds is 8. The van der Waals surface area contributed by atoms with Crippen LogP contribution in [-0.2, 0) is 16.1 Å². The molecule has 1 atom stereocenters. The fourth-order valence-corrected chi connectivity index (χ4v) is 5.76. The van der Waals surface area contributed by atoms with Crippen LogP contribution in [0.2, 0.25) is 10.0 Å². The van der Waals surface area contributed by atoms with Gasteiger partial charge in [0.2, 0.25) is 11.8 Å². The molecule has 0 spiro atoms. The summed E-state index contributed by atoms with van der Waals surface area (Å²) >= 11 is 12.6. The second-order valence-electron chi connectivity index (χ2n) is 10.5. The number of hydrogen-bond donors (Lipinski definition) is 1. The number of nitrogens with zero attached hydrogens (tertiary/aromatic N) is 5. The zero-order valence-corrected chi connectivity index (χ0v) is 24.3. The first-order valence-corrected chi connectivity index (χ1v) is 14.3. The van der Waals surface area contributed by atoms with Gasteiger partial charge in [0.1, 0.15) is 0 Å². The van der Waals surface area contributed by atoms with Crippen LogP contribution in [0.5, 0.6) is 11.6 Å². The molecule has 9 nitrogen and oxygen atoms in total. The predicted molar refractivity (Wildman–Crippen MR) is 156 cm³/mol. The molecule has 1 N–H and O–H groups in total. The summed E-state index contributed by atoms with van der Waals surface area (Å²) in [6, 6.07) is 9.76. The van der Waals surface area contributed by atoms with Gasteiger partial charge in [0.05, 0.1) is 25.2 Å². The van der Waals surface area contributed by atoms with Crippen molar-refractivity contribution in [1.82, 2.24) is 25.2 Å². The summed E-state index contributed by atoms with van der Waals surface area (Å²) in [6.45, 7) is 7.30. The van der Waals surface area contributed by atoms with Crippen LogP contribution in [0, 0.1) is 5.92 Å². The van der Waals surface area contributed by atoms with Crippen molar-refractivity contribution in [3.05, 3.63) is 58.3 Å². The quantitative estimate of drug-likeness (QED) is 0.358. The second-order valence-corrected chi connectivity index (χ2v) is 11.4. The fourth-order valence-electron chi connectivity index (χ4n) is 5.24. The maximum absolute atomic E-state index is 11.7. The molecule has 0 saturated carbocycles. The van der Waals surface area contributed by atoms with Gasteiger partial charge in [0, 0.05) is 60.3 Å². The van der Waals surface area contributed by atoms with E-state index in [1.165, 1.54) is 7.11 Å². The highest BCUT2D eigenvalue weighted by atomic mass is 35.5. The van der Waals surface area contributed by atoms with Crippen molar-refractivity contribution in [2.24, 2.45) is 5.92 Å². The Bertz CT molecular complexity index is 1300. The van der Waals surface area contributed by atoms with Gasteiger partial charge >= 0.3 is 5.97 Å². The van der Waals surface area contributed by atoms with Gasteiger partial charge in [-0.15, -0.1) is 0 Å². The maximum atomic E-state index is 11.7. The number of halogens is 2. The van der Waals surface area contributed by atoms with Crippen molar-refractivity contribution in [2.45, 2.75) is 38.8 Å². The van der Waals surface area contributed by atoms with Crippen molar-refractivity contribution in [1.29, 1.82) is 0 Å². The number of piperazine rings is 1. The van der Waals surface area contributed by atoms with E-state index in [2.05, 4.69) is 32.0 Å². The molecule has 4 heterocycles. The average molecular weight is 586 g/mol. The normalized spacial score (nSPS) is 18.5. The van der Waals surface area contributed by atoms with E-state index in [1.54, 1.807) is 18.5 Å². The number of likely N-dealkylation sites (tertiary alicyclic amines) is 1. The third-order valence-electron chi connectivity index (χ3n) is 7.30. The smallest absolute Gasteiger partial charge is 0.305 e. The topological polar surface area (TPSA) is 92.7 Å². The maximum Gasteiger partial charge on any atom is 0.305 e. The van der Waals surface area contributed by atoms with E-state index < -0.39 is 0 Å². The number of piperidine rings is 1. The van der Waals surface area contributed by atoms with Crippen LogP contribution in [0.15, 0.2) is 42.7 Å². The lowest BCUT2D eigenvalue weighted by Crippen LogP contribution is -2.49. The van der Waals surface area contributed by atoms with Gasteiger partial charge in [-0.3, -0.25) is 9.69 Å². The van der Waals surface area contributed by atoms with E-state index >= 15 is 0 Å². The van der Waals surface area contributed by atoms with Gasteiger partial charge < -0.3 is 19.7 Å². The second kappa shape index (κ2) is 13.1. The van der Waals surface area contributed by atoms with Gasteiger partial charge in [-0.2, -0.15) is 0 Å². The lowest BCUT2D eigenvalue weighted by Gasteiger charge is -2.31. The summed E-state index contributed by atoms with van der Waals surface area (Å²) in [5.74, 6) is 1.86. The van der Waals surface area contributed by atoms with Crippen molar-refractivity contribution in [2.75, 3.05) is 44.7 Å². The lowest BCUT2D eigenvalue weighted by molar-refractivity contribution is -0.142. The molecule has 3 aromatic rings. The SMILES string of the molecule is COC(=O)CC1CCN(Cc2cc(Oc3cnc(N4CCN[C@@H](C)C4)nc3)nc(-c3cc(Cl)cc(Cl)c3)c2)CC1. The minimum absolute atomic E-state index is 0.140. The van der Waals surface area contributed by atoms with E-state index in [0.717, 1.165) is 63.2 Å². The van der Waals surface area contributed by atoms with Crippen LogP contribution >= 0.6 is 23.2 Å². The minimum Gasteiger partial charge on any atom is -0.469 e. The number of aromatic nitrogens is 3. The summed E-state index contributed by atoms with van der Waals surface area (Å²) in [4.78, 5) is 30.1. The highest BCUT2D eigenvalue weighted by Gasteiger charge is 2.23. The molecule has 212 valence electrons. The van der Waals surface area contributed by atoms with Crippen LogP contribution in [0.3, 0.4) is 0 Å². The molecule has 2 aliphatic rings. The summed E-state index contributed by atoms with van der Waals surface area (Å²) in [5.41, 5.74) is 2.57. The number of methoxy groups -OCH3 is 1. The van der Waals surface area contributed by atoms with Crippen molar-refractivity contribution in [3.8, 4) is 22.9 Å². The molecule has 2 saturated heterocycles. The van der Waals surface area contributed by atoms with Crippen molar-refractivity contribution < 1.29 is 14.3 Å². The van der Waals surface area contributed by atoms with Crippen LogP contribution in [0.1, 0.15) is 31.7 Å². The summed E-state index contributed by atoms with van der Waals surface area (Å²) in [5, 5.41) is 4.51. The average Bonchev–Trinajstić information content (AvgIpc) is 2.94. The van der Waals surface area contributed by atoms with Gasteiger partial charge in [-0.25, -0.2) is 15.0 Å². The van der Waals surface area contributed by atoms with Crippen LogP contribution in [0.4, 0.5) is 5.95 Å². The van der Waals surface area contributed by atoms with Gasteiger partial charge in [0.15, 0.2) is 5.75 Å². The number of nitrogens with one attached hydrogen (secondary N) is 1. The Morgan fingerprint density at radius 1 is 1.05 bits per heavy atom. The lowest BCUT2D eigenvalue weighted by atomic mass is 9.93. The molecular weight excluding hydrogens is 551 g/mol. The number of carbonyl (C=O) groups is 1. The Balaban J connectivity index is 1.34. The molecule has 0 unspecified atom stereocenters. The third kappa shape index (κ3) is 7.60. The summed E-state index contributed by atoms with van der Waals surface area (Å²) in [6.07, 6.45) is 5.76. The summed E-state index contributed by atoms with van der Waals surface area (Å²) in [7, 11) is 1.44. The van der Waals surface area contributed by atoms with Gasteiger partial charge in [0.25, 0.3) is 0 Å². The third-order valence-corrected chi connectivity index (χ3v) is 7.74. The Morgan fingerprint density at radius 2 is 1.77 bits per heavy atom. The fraction of sp³-hybridized carbons (Fsp3) is 0.448. The van der Waals surface area contributed by atoms with Crippen LogP contribution in [-0.4, -0.2) is 71.7 Å². The molecule has 2 aliphatic heterocycles. The summed E-state index contributed by atoms with van der Waals surface area (Å²) < 4.78 is 11.0. The molecule has 2 fully saturated rings. The van der Waals surface area contributed by atoms with Crippen LogP contribution in [0.25, 0.3) is 11.3 Å². The zero-order chi connectivity index (χ0) is 28.1. The van der Waals surface area contributed by atoms with Crippen molar-refractivity contribution in [3.63, 3.8) is 0 Å². The number of esters is 1. The molecule has 0 amide bonds. The number of pyridine rings is 1. The first-order valence-electron chi connectivity index (χ1n) is 13.6. The van der Waals surface area contributed by atoms with E-state index in [4.69, 9.17) is 37.7 Å². The number of anilines is 1. The minimum atomic E-state index is -0.140. The molecule has 40 heavy (non-hydrogen) atoms. The van der Waals surface area contributed by atoms with E-state index in [9.17, 15) is 4.79 Å². The molecule has 0 radical (unpaired) electrons. The predicted octanol–water partition coefficient (Wildman–Crippen LogP) is 5.21. The Labute approximate surface area is 244 Å². The molecule has 2 aromatic heterocycles. The van der Waals surface area contributed by atoms with Gasteiger partial charge in [-0.1, -0.05) is 23.2 Å². The molecular formula is C29H34Cl2N6O3.